The molecule has 0 saturated heterocycles. The smallest absolute Gasteiger partial charge is 0.309 e. The Morgan fingerprint density at radius 2 is 2.28 bits per heavy atom. The normalized spacial score (nSPS) is 16.1. The van der Waals surface area contributed by atoms with Crippen molar-refractivity contribution in [2.45, 2.75) is 33.1 Å². The molecule has 8 heteroatoms. The average Bonchev–Trinajstić information content (AvgIpc) is 3.28. The second-order valence-electron chi connectivity index (χ2n) is 7.29. The highest BCUT2D eigenvalue weighted by atomic mass is 32.1. The summed E-state index contributed by atoms with van der Waals surface area (Å²) in [5.74, 6) is 0.651. The molecule has 0 spiro atoms. The van der Waals surface area contributed by atoms with Gasteiger partial charge in [-0.15, -0.1) is 11.3 Å². The second-order valence-corrected chi connectivity index (χ2v) is 8.38. The number of thiophene rings is 1. The van der Waals surface area contributed by atoms with Crippen LogP contribution in [0.15, 0.2) is 24.5 Å². The Hall–Kier alpha value is -3.00. The number of nitrogens with zero attached hydrogens (tertiary/aromatic N) is 3. The van der Waals surface area contributed by atoms with Crippen LogP contribution in [0.25, 0.3) is 21.1 Å². The van der Waals surface area contributed by atoms with Crippen LogP contribution in [-0.2, 0) is 22.4 Å². The predicted molar refractivity (Wildman–Crippen MR) is 114 cm³/mol. The summed E-state index contributed by atoms with van der Waals surface area (Å²) in [6, 6.07) is 6.12. The van der Waals surface area contributed by atoms with Gasteiger partial charge in [0, 0.05) is 16.0 Å². The predicted octanol–water partition coefficient (Wildman–Crippen LogP) is 4.29. The second kappa shape index (κ2) is 7.11. The number of benzene rings is 1. The first-order chi connectivity index (χ1) is 14.1. The van der Waals surface area contributed by atoms with Crippen molar-refractivity contribution in [2.75, 3.05) is 11.9 Å². The zero-order chi connectivity index (χ0) is 20.0. The number of H-pyrrole nitrogens is 1. The van der Waals surface area contributed by atoms with Crippen molar-refractivity contribution in [1.82, 2.24) is 20.2 Å². The molecule has 1 atom stereocenters. The van der Waals surface area contributed by atoms with Gasteiger partial charge in [0.15, 0.2) is 0 Å². The number of rotatable bonds is 4. The van der Waals surface area contributed by atoms with Crippen LogP contribution in [0.5, 0.6) is 0 Å². The van der Waals surface area contributed by atoms with Crippen molar-refractivity contribution in [3.8, 4) is 0 Å². The summed E-state index contributed by atoms with van der Waals surface area (Å²) in [5, 5.41) is 12.9. The Labute approximate surface area is 171 Å². The lowest BCUT2D eigenvalue weighted by atomic mass is 9.88. The van der Waals surface area contributed by atoms with Crippen LogP contribution in [0.2, 0.25) is 0 Å². The van der Waals surface area contributed by atoms with Gasteiger partial charge < -0.3 is 10.1 Å². The Morgan fingerprint density at radius 3 is 3.14 bits per heavy atom. The summed E-state index contributed by atoms with van der Waals surface area (Å²) in [6.07, 6.45) is 3.94. The number of nitrogens with one attached hydrogen (secondary N) is 2. The number of aromatic amines is 1. The van der Waals surface area contributed by atoms with E-state index in [0.29, 0.717) is 6.61 Å². The summed E-state index contributed by atoms with van der Waals surface area (Å²) in [4.78, 5) is 23.4. The highest BCUT2D eigenvalue weighted by Crippen LogP contribution is 2.40. The summed E-state index contributed by atoms with van der Waals surface area (Å²) in [7, 11) is 0. The molecule has 0 amide bonds. The lowest BCUT2D eigenvalue weighted by Gasteiger charge is -2.20. The number of anilines is 2. The Kier molecular flexibility index (Phi) is 4.43. The molecule has 3 aromatic heterocycles. The van der Waals surface area contributed by atoms with Gasteiger partial charge in [-0.25, -0.2) is 9.97 Å². The summed E-state index contributed by atoms with van der Waals surface area (Å²) in [6.45, 7) is 4.26. The van der Waals surface area contributed by atoms with Gasteiger partial charge in [-0.2, -0.15) is 5.10 Å². The first kappa shape index (κ1) is 18.1. The van der Waals surface area contributed by atoms with Crippen LogP contribution in [0.4, 0.5) is 11.5 Å². The van der Waals surface area contributed by atoms with E-state index in [0.717, 1.165) is 57.6 Å². The van der Waals surface area contributed by atoms with Crippen molar-refractivity contribution in [3.05, 3.63) is 40.7 Å². The third-order valence-corrected chi connectivity index (χ3v) is 6.64. The van der Waals surface area contributed by atoms with Crippen LogP contribution in [0.1, 0.15) is 29.5 Å². The Bertz CT molecular complexity index is 1230. The van der Waals surface area contributed by atoms with Gasteiger partial charge in [0.25, 0.3) is 0 Å². The van der Waals surface area contributed by atoms with E-state index in [-0.39, 0.29) is 11.9 Å². The zero-order valence-corrected chi connectivity index (χ0v) is 17.1. The maximum absolute atomic E-state index is 12.2. The first-order valence-corrected chi connectivity index (χ1v) is 10.6. The van der Waals surface area contributed by atoms with Crippen LogP contribution < -0.4 is 5.32 Å². The molecule has 7 nitrogen and oxygen atoms in total. The molecule has 148 valence electrons. The van der Waals surface area contributed by atoms with E-state index in [9.17, 15) is 4.79 Å². The van der Waals surface area contributed by atoms with Crippen LogP contribution in [0, 0.1) is 12.8 Å². The minimum Gasteiger partial charge on any atom is -0.466 e. The minimum atomic E-state index is -0.0937. The first-order valence-electron chi connectivity index (χ1n) is 9.77. The molecule has 0 saturated carbocycles. The van der Waals surface area contributed by atoms with Crippen LogP contribution in [0.3, 0.4) is 0 Å². The van der Waals surface area contributed by atoms with E-state index in [2.05, 4.69) is 31.5 Å². The van der Waals surface area contributed by atoms with E-state index < -0.39 is 0 Å². The van der Waals surface area contributed by atoms with Gasteiger partial charge >= 0.3 is 5.97 Å². The molecule has 0 fully saturated rings. The maximum atomic E-state index is 12.2. The van der Waals surface area contributed by atoms with Gasteiger partial charge in [-0.1, -0.05) is 0 Å². The number of esters is 1. The van der Waals surface area contributed by atoms with E-state index in [1.54, 1.807) is 17.7 Å². The van der Waals surface area contributed by atoms with Crippen molar-refractivity contribution < 1.29 is 9.53 Å². The molecule has 1 aliphatic rings. The van der Waals surface area contributed by atoms with Gasteiger partial charge in [0.1, 0.15) is 17.0 Å². The van der Waals surface area contributed by atoms with Crippen molar-refractivity contribution >= 4 is 49.9 Å². The van der Waals surface area contributed by atoms with Crippen LogP contribution in [-0.4, -0.2) is 32.7 Å². The fourth-order valence-corrected chi connectivity index (χ4v) is 5.29. The molecule has 3 heterocycles. The molecule has 1 aliphatic carbocycles. The molecular weight excluding hydrogens is 386 g/mol. The molecule has 0 aliphatic heterocycles. The number of carbonyl (C=O) groups excluding carboxylic acids is 1. The SMILES string of the molecule is CCOC(=O)C1CCc2c(sc3ncnc(Nc4ccc5[nH]nc(C)c5c4)c23)C1. The number of carbonyl (C=O) groups is 1. The highest BCUT2D eigenvalue weighted by molar-refractivity contribution is 7.19. The molecule has 2 N–H and O–H groups in total. The molecule has 0 radical (unpaired) electrons. The maximum Gasteiger partial charge on any atom is 0.309 e. The third kappa shape index (κ3) is 3.13. The van der Waals surface area contributed by atoms with Crippen molar-refractivity contribution in [2.24, 2.45) is 5.92 Å². The van der Waals surface area contributed by atoms with Crippen molar-refractivity contribution in [3.63, 3.8) is 0 Å². The number of aryl methyl sites for hydroxylation is 2. The third-order valence-electron chi connectivity index (χ3n) is 5.48. The fourth-order valence-electron chi connectivity index (χ4n) is 4.03. The van der Waals surface area contributed by atoms with E-state index >= 15 is 0 Å². The van der Waals surface area contributed by atoms with Crippen molar-refractivity contribution in [1.29, 1.82) is 0 Å². The number of fused-ring (bicyclic) bond motifs is 4. The molecule has 5 rings (SSSR count). The largest absolute Gasteiger partial charge is 0.466 e. The Balaban J connectivity index is 1.50. The van der Waals surface area contributed by atoms with Gasteiger partial charge in [0.2, 0.25) is 0 Å². The summed E-state index contributed by atoms with van der Waals surface area (Å²) in [5.41, 5.74) is 4.20. The zero-order valence-electron chi connectivity index (χ0n) is 16.3. The summed E-state index contributed by atoms with van der Waals surface area (Å²) < 4.78 is 5.23. The standard InChI is InChI=1S/C21H21N5O2S/c1-3-28-21(27)12-4-6-14-17(8-12)29-20-18(14)19(22-10-23-20)24-13-5-7-16-15(9-13)11(2)25-26-16/h5,7,9-10,12H,3-4,6,8H2,1-2H3,(H,25,26)(H,22,23,24). The summed E-state index contributed by atoms with van der Waals surface area (Å²) >= 11 is 1.66. The number of hydrogen-bond acceptors (Lipinski definition) is 7. The monoisotopic (exact) mass is 407 g/mol. The average molecular weight is 407 g/mol. The highest BCUT2D eigenvalue weighted by Gasteiger charge is 2.29. The lowest BCUT2D eigenvalue weighted by Crippen LogP contribution is -2.23. The molecular formula is C21H21N5O2S. The molecule has 1 aromatic carbocycles. The number of hydrogen-bond donors (Lipinski definition) is 2. The van der Waals surface area contributed by atoms with Crippen LogP contribution >= 0.6 is 11.3 Å². The fraction of sp³-hybridized carbons (Fsp3) is 0.333. The quantitative estimate of drug-likeness (QED) is 0.490. The van der Waals surface area contributed by atoms with Gasteiger partial charge in [-0.05, 0) is 56.9 Å². The molecule has 4 aromatic rings. The molecule has 29 heavy (non-hydrogen) atoms. The lowest BCUT2D eigenvalue weighted by molar-refractivity contribution is -0.148. The number of ether oxygens (including phenoxy) is 1. The number of aromatic nitrogens is 4. The van der Waals surface area contributed by atoms with E-state index in [1.807, 2.05) is 26.0 Å². The van der Waals surface area contributed by atoms with E-state index in [1.165, 1.54) is 10.4 Å². The Morgan fingerprint density at radius 1 is 1.38 bits per heavy atom. The van der Waals surface area contributed by atoms with E-state index in [4.69, 9.17) is 4.74 Å². The minimum absolute atomic E-state index is 0.0636. The molecule has 0 bridgehead atoms. The molecule has 1 unspecified atom stereocenters. The topological polar surface area (TPSA) is 92.8 Å². The van der Waals surface area contributed by atoms with Gasteiger partial charge in [0.05, 0.1) is 29.1 Å². The van der Waals surface area contributed by atoms with Gasteiger partial charge in [-0.3, -0.25) is 9.89 Å².